The van der Waals surface area contributed by atoms with Gasteiger partial charge in [-0.15, -0.1) is 0 Å². The van der Waals surface area contributed by atoms with E-state index >= 15 is 0 Å². The molecule has 38 heavy (non-hydrogen) atoms. The van der Waals surface area contributed by atoms with Crippen LogP contribution in [-0.2, 0) is 11.4 Å². The van der Waals surface area contributed by atoms with Gasteiger partial charge < -0.3 is 10.5 Å². The van der Waals surface area contributed by atoms with Crippen LogP contribution in [0.4, 0.5) is 5.69 Å². The van der Waals surface area contributed by atoms with Gasteiger partial charge in [-0.3, -0.25) is 9.69 Å². The third-order valence-corrected chi connectivity index (χ3v) is 8.13. The average Bonchev–Trinajstić information content (AvgIpc) is 2.89. The van der Waals surface area contributed by atoms with Crippen LogP contribution in [-0.4, -0.2) is 5.78 Å². The molecule has 192 valence electrons. The van der Waals surface area contributed by atoms with Crippen molar-refractivity contribution >= 4 is 39.0 Å². The number of Topliss-reactive ketones (excluding diaryl/α,β-unsaturated/α-hetero) is 1. The maximum absolute atomic E-state index is 13.5. The minimum atomic E-state index is -0.541. The summed E-state index contributed by atoms with van der Waals surface area (Å²) in [6, 6.07) is 21.6. The molecule has 0 spiro atoms. The number of halogens is 2. The highest BCUT2D eigenvalue weighted by Crippen LogP contribution is 2.47. The highest BCUT2D eigenvalue weighted by Gasteiger charge is 2.41. The number of carbonyl (C=O) groups excluding carboxylic acids is 1. The first-order chi connectivity index (χ1) is 18.3. The number of allylic oxidation sites excluding steroid dienone is 3. The Hall–Kier alpha value is -3.53. The molecular weight excluding hydrogens is 562 g/mol. The fourth-order valence-corrected chi connectivity index (χ4v) is 5.99. The molecule has 1 aliphatic heterocycles. The van der Waals surface area contributed by atoms with Gasteiger partial charge in [-0.2, -0.15) is 5.26 Å². The van der Waals surface area contributed by atoms with E-state index < -0.39 is 5.92 Å². The largest absolute Gasteiger partial charge is 0.488 e. The summed E-state index contributed by atoms with van der Waals surface area (Å²) in [4.78, 5) is 15.4. The Labute approximate surface area is 236 Å². The molecule has 2 aliphatic rings. The average molecular weight is 589 g/mol. The van der Waals surface area contributed by atoms with E-state index in [0.717, 1.165) is 50.3 Å². The first-order valence-electron chi connectivity index (χ1n) is 12.5. The van der Waals surface area contributed by atoms with Gasteiger partial charge in [-0.05, 0) is 95.2 Å². The number of aryl methyl sites for hydroxylation is 2. The van der Waals surface area contributed by atoms with Crippen molar-refractivity contribution in [2.45, 2.75) is 45.6 Å². The first-order valence-corrected chi connectivity index (χ1v) is 13.7. The van der Waals surface area contributed by atoms with E-state index in [-0.39, 0.29) is 5.78 Å². The van der Waals surface area contributed by atoms with Crippen LogP contribution >= 0.6 is 27.5 Å². The second kappa shape index (κ2) is 10.7. The molecule has 2 N–H and O–H groups in total. The van der Waals surface area contributed by atoms with E-state index in [1.165, 1.54) is 0 Å². The molecule has 3 aromatic carbocycles. The monoisotopic (exact) mass is 587 g/mol. The Morgan fingerprint density at radius 1 is 1.11 bits per heavy atom. The van der Waals surface area contributed by atoms with Crippen molar-refractivity contribution in [3.63, 3.8) is 0 Å². The quantitative estimate of drug-likeness (QED) is 0.332. The summed E-state index contributed by atoms with van der Waals surface area (Å²) in [7, 11) is 0. The molecule has 7 heteroatoms. The summed E-state index contributed by atoms with van der Waals surface area (Å²) in [5.74, 6) is 0.591. The number of ether oxygens (including phenoxy) is 1. The number of hydrogen-bond acceptors (Lipinski definition) is 5. The van der Waals surface area contributed by atoms with Crippen LogP contribution in [0, 0.1) is 25.2 Å². The molecular formula is C31H27BrClN3O2. The summed E-state index contributed by atoms with van der Waals surface area (Å²) >= 11 is 9.84. The van der Waals surface area contributed by atoms with Gasteiger partial charge in [-0.1, -0.05) is 41.9 Å². The van der Waals surface area contributed by atoms with Crippen LogP contribution in [0.15, 0.2) is 87.8 Å². The zero-order valence-electron chi connectivity index (χ0n) is 21.2. The minimum Gasteiger partial charge on any atom is -0.488 e. The standard InChI is InChI=1S/C31H27BrClN3O2/c1-18-13-19(2)23(14-20(18)17-38-28-12-4-3-9-25(28)32)29-24(16-34)31(35)36(22-8-5-7-21(33)15-22)26-10-6-11-27(37)30(26)29/h3-5,7-9,12-15,29H,6,10-11,17,35H2,1-2H3. The van der Waals surface area contributed by atoms with Crippen molar-refractivity contribution in [1.82, 2.24) is 0 Å². The molecule has 0 fully saturated rings. The van der Waals surface area contributed by atoms with Crippen molar-refractivity contribution in [3.8, 4) is 11.8 Å². The van der Waals surface area contributed by atoms with Gasteiger partial charge in [-0.25, -0.2) is 0 Å². The van der Waals surface area contributed by atoms with Gasteiger partial charge in [0.15, 0.2) is 5.78 Å². The molecule has 5 nitrogen and oxygen atoms in total. The van der Waals surface area contributed by atoms with Crippen LogP contribution in [0.5, 0.6) is 5.75 Å². The lowest BCUT2D eigenvalue weighted by Crippen LogP contribution is -2.39. The van der Waals surface area contributed by atoms with Crippen LogP contribution in [0.1, 0.15) is 47.4 Å². The number of nitrogens with zero attached hydrogens (tertiary/aromatic N) is 2. The summed E-state index contributed by atoms with van der Waals surface area (Å²) in [5, 5.41) is 10.9. The fourth-order valence-electron chi connectivity index (χ4n) is 5.41. The lowest BCUT2D eigenvalue weighted by molar-refractivity contribution is -0.116. The van der Waals surface area contributed by atoms with Crippen molar-refractivity contribution in [3.05, 3.63) is 115 Å². The Morgan fingerprint density at radius 2 is 1.89 bits per heavy atom. The Balaban J connectivity index is 1.64. The molecule has 0 saturated heterocycles. The summed E-state index contributed by atoms with van der Waals surface area (Å²) in [5.41, 5.74) is 13.3. The second-order valence-electron chi connectivity index (χ2n) is 9.65. The predicted molar refractivity (Wildman–Crippen MR) is 154 cm³/mol. The van der Waals surface area contributed by atoms with Crippen LogP contribution in [0.3, 0.4) is 0 Å². The van der Waals surface area contributed by atoms with Crippen molar-refractivity contribution in [2.24, 2.45) is 5.73 Å². The maximum Gasteiger partial charge on any atom is 0.161 e. The lowest BCUT2D eigenvalue weighted by Gasteiger charge is -2.40. The molecule has 0 bridgehead atoms. The highest BCUT2D eigenvalue weighted by molar-refractivity contribution is 9.10. The van der Waals surface area contributed by atoms with E-state index in [2.05, 4.69) is 34.1 Å². The van der Waals surface area contributed by atoms with E-state index in [9.17, 15) is 10.1 Å². The Kier molecular flexibility index (Phi) is 7.34. The van der Waals surface area contributed by atoms with Crippen molar-refractivity contribution in [1.29, 1.82) is 5.26 Å². The van der Waals surface area contributed by atoms with Crippen LogP contribution in [0.2, 0.25) is 5.02 Å². The molecule has 1 aliphatic carbocycles. The number of benzene rings is 3. The minimum absolute atomic E-state index is 0.0505. The van der Waals surface area contributed by atoms with E-state index in [4.69, 9.17) is 22.1 Å². The number of hydrogen-bond donors (Lipinski definition) is 1. The molecule has 0 aromatic heterocycles. The lowest BCUT2D eigenvalue weighted by atomic mass is 9.74. The second-order valence-corrected chi connectivity index (χ2v) is 10.9. The summed E-state index contributed by atoms with van der Waals surface area (Å²) in [6.45, 7) is 4.41. The van der Waals surface area contributed by atoms with Crippen LogP contribution < -0.4 is 15.4 Å². The first kappa shape index (κ1) is 26.1. The number of rotatable bonds is 5. The van der Waals surface area contributed by atoms with E-state index in [1.807, 2.05) is 61.2 Å². The Bertz CT molecular complexity index is 1550. The number of anilines is 1. The SMILES string of the molecule is Cc1cc(C)c(C2C(C#N)=C(N)N(c3cccc(Cl)c3)C3=C2C(=O)CCC3)cc1COc1ccccc1Br. The number of ketones is 1. The third kappa shape index (κ3) is 4.73. The van der Waals surface area contributed by atoms with Crippen LogP contribution in [0.25, 0.3) is 0 Å². The van der Waals surface area contributed by atoms with Gasteiger partial charge in [0.2, 0.25) is 0 Å². The normalized spacial score (nSPS) is 17.4. The predicted octanol–water partition coefficient (Wildman–Crippen LogP) is 7.60. The zero-order valence-corrected chi connectivity index (χ0v) is 23.6. The van der Waals surface area contributed by atoms with E-state index in [1.54, 1.807) is 6.07 Å². The van der Waals surface area contributed by atoms with Gasteiger partial charge in [0.1, 0.15) is 18.2 Å². The van der Waals surface area contributed by atoms with Gasteiger partial charge in [0.25, 0.3) is 0 Å². The highest BCUT2D eigenvalue weighted by atomic mass is 79.9. The number of para-hydroxylation sites is 1. The molecule has 0 radical (unpaired) electrons. The van der Waals surface area contributed by atoms with Crippen molar-refractivity contribution in [2.75, 3.05) is 4.90 Å². The Morgan fingerprint density at radius 3 is 2.63 bits per heavy atom. The van der Waals surface area contributed by atoms with E-state index in [0.29, 0.717) is 41.4 Å². The smallest absolute Gasteiger partial charge is 0.161 e. The molecule has 0 amide bonds. The number of nitriles is 1. The summed E-state index contributed by atoms with van der Waals surface area (Å²) in [6.07, 6.45) is 1.86. The number of carbonyl (C=O) groups is 1. The van der Waals surface area contributed by atoms with Gasteiger partial charge in [0, 0.05) is 28.4 Å². The molecule has 3 aromatic rings. The maximum atomic E-state index is 13.5. The zero-order chi connectivity index (χ0) is 27.0. The topological polar surface area (TPSA) is 79.4 Å². The molecule has 1 atom stereocenters. The molecule has 5 rings (SSSR count). The summed E-state index contributed by atoms with van der Waals surface area (Å²) < 4.78 is 7.00. The van der Waals surface area contributed by atoms with Gasteiger partial charge in [0.05, 0.1) is 22.0 Å². The fraction of sp³-hybridized carbons (Fsp3) is 0.226. The molecule has 1 unspecified atom stereocenters. The third-order valence-electron chi connectivity index (χ3n) is 7.24. The van der Waals surface area contributed by atoms with Gasteiger partial charge >= 0.3 is 0 Å². The molecule has 1 heterocycles. The van der Waals surface area contributed by atoms with Crippen molar-refractivity contribution < 1.29 is 9.53 Å². The number of nitrogens with two attached hydrogens (primary N) is 1. The molecule has 0 saturated carbocycles.